The molecule has 0 fully saturated rings. The van der Waals surface area contributed by atoms with Crippen molar-refractivity contribution in [2.75, 3.05) is 14.2 Å². The zero-order valence-corrected chi connectivity index (χ0v) is 11.9. The summed E-state index contributed by atoms with van der Waals surface area (Å²) in [5.74, 6) is 0.548. The van der Waals surface area contributed by atoms with Crippen molar-refractivity contribution >= 4 is 11.6 Å². The Labute approximate surface area is 122 Å². The summed E-state index contributed by atoms with van der Waals surface area (Å²) < 4.78 is 24.1. The third-order valence-corrected chi connectivity index (χ3v) is 3.39. The first-order valence-corrected chi connectivity index (χ1v) is 6.37. The Morgan fingerprint density at radius 2 is 1.85 bits per heavy atom. The van der Waals surface area contributed by atoms with Gasteiger partial charge in [-0.3, -0.25) is 0 Å². The Morgan fingerprint density at radius 1 is 1.10 bits per heavy atom. The molecule has 20 heavy (non-hydrogen) atoms. The van der Waals surface area contributed by atoms with Crippen LogP contribution in [-0.4, -0.2) is 14.2 Å². The highest BCUT2D eigenvalue weighted by atomic mass is 35.5. The second-order valence-corrected chi connectivity index (χ2v) is 4.67. The maximum Gasteiger partial charge on any atom is 0.137 e. The minimum Gasteiger partial charge on any atom is -0.497 e. The average molecular weight is 296 g/mol. The highest BCUT2D eigenvalue weighted by molar-refractivity contribution is 6.32. The molecule has 0 bridgehead atoms. The van der Waals surface area contributed by atoms with E-state index in [-0.39, 0.29) is 0 Å². The summed E-state index contributed by atoms with van der Waals surface area (Å²) in [4.78, 5) is 0. The number of methoxy groups -OCH3 is 2. The first-order chi connectivity index (χ1) is 9.56. The Morgan fingerprint density at radius 3 is 2.45 bits per heavy atom. The van der Waals surface area contributed by atoms with E-state index < -0.39 is 11.9 Å². The third-order valence-electron chi connectivity index (χ3n) is 3.08. The molecule has 0 saturated carbocycles. The van der Waals surface area contributed by atoms with Crippen LogP contribution in [0.25, 0.3) is 0 Å². The number of ether oxygens (including phenoxy) is 2. The summed E-state index contributed by atoms with van der Waals surface area (Å²) in [6.07, 6.45) is 0. The van der Waals surface area contributed by atoms with Gasteiger partial charge in [-0.15, -0.1) is 0 Å². The van der Waals surface area contributed by atoms with E-state index in [9.17, 15) is 4.39 Å². The summed E-state index contributed by atoms with van der Waals surface area (Å²) in [6, 6.07) is 9.12. The third kappa shape index (κ3) is 2.86. The first kappa shape index (κ1) is 14.6. The number of nitrogens with two attached hydrogens (primary N) is 1. The normalized spacial score (nSPS) is 12.1. The van der Waals surface area contributed by atoms with Crippen molar-refractivity contribution in [1.29, 1.82) is 0 Å². The van der Waals surface area contributed by atoms with Crippen molar-refractivity contribution in [1.82, 2.24) is 0 Å². The van der Waals surface area contributed by atoms with Crippen LogP contribution in [0.2, 0.25) is 5.02 Å². The molecule has 0 aliphatic heterocycles. The molecule has 2 N–H and O–H groups in total. The van der Waals surface area contributed by atoms with Crippen LogP contribution in [0, 0.1) is 5.82 Å². The molecule has 3 nitrogen and oxygen atoms in total. The SMILES string of the molecule is COc1ccc(C(N)c2ccc(Cl)c(OC)c2)c(F)c1. The van der Waals surface area contributed by atoms with Crippen LogP contribution >= 0.6 is 11.6 Å². The van der Waals surface area contributed by atoms with Crippen LogP contribution in [-0.2, 0) is 0 Å². The Kier molecular flexibility index (Phi) is 4.47. The largest absolute Gasteiger partial charge is 0.497 e. The molecule has 5 heteroatoms. The number of halogens is 2. The van der Waals surface area contributed by atoms with E-state index in [0.29, 0.717) is 22.1 Å². The molecule has 0 aromatic heterocycles. The van der Waals surface area contributed by atoms with Crippen LogP contribution < -0.4 is 15.2 Å². The maximum absolute atomic E-state index is 14.0. The smallest absolute Gasteiger partial charge is 0.137 e. The van der Waals surface area contributed by atoms with Gasteiger partial charge in [0.2, 0.25) is 0 Å². The van der Waals surface area contributed by atoms with E-state index in [1.165, 1.54) is 20.3 Å². The molecule has 1 atom stereocenters. The molecule has 106 valence electrons. The molecular weight excluding hydrogens is 281 g/mol. The Bertz CT molecular complexity index is 619. The monoisotopic (exact) mass is 295 g/mol. The second-order valence-electron chi connectivity index (χ2n) is 4.26. The molecule has 0 aliphatic carbocycles. The maximum atomic E-state index is 14.0. The van der Waals surface area contributed by atoms with Gasteiger partial charge in [-0.05, 0) is 23.8 Å². The lowest BCUT2D eigenvalue weighted by atomic mass is 9.99. The summed E-state index contributed by atoms with van der Waals surface area (Å²) >= 11 is 5.96. The van der Waals surface area contributed by atoms with E-state index in [4.69, 9.17) is 26.8 Å². The number of rotatable bonds is 4. The molecule has 2 rings (SSSR count). The van der Waals surface area contributed by atoms with E-state index >= 15 is 0 Å². The van der Waals surface area contributed by atoms with Gasteiger partial charge in [0, 0.05) is 11.6 Å². The topological polar surface area (TPSA) is 44.5 Å². The molecule has 2 aromatic carbocycles. The predicted octanol–water partition coefficient (Wildman–Crippen LogP) is 3.54. The summed E-state index contributed by atoms with van der Waals surface area (Å²) in [7, 11) is 3.00. The zero-order valence-electron chi connectivity index (χ0n) is 11.2. The highest BCUT2D eigenvalue weighted by Gasteiger charge is 2.16. The van der Waals surface area contributed by atoms with Gasteiger partial charge in [0.15, 0.2) is 0 Å². The molecule has 0 aliphatic rings. The van der Waals surface area contributed by atoms with Crippen LogP contribution in [0.3, 0.4) is 0 Å². The molecule has 0 saturated heterocycles. The standard InChI is InChI=1S/C15H15ClFNO2/c1-19-10-4-5-11(13(17)8-10)15(18)9-3-6-12(16)14(7-9)20-2/h3-8,15H,18H2,1-2H3. The van der Waals surface area contributed by atoms with Crippen LogP contribution in [0.4, 0.5) is 4.39 Å². The van der Waals surface area contributed by atoms with Crippen molar-refractivity contribution in [3.05, 3.63) is 58.4 Å². The number of benzene rings is 2. The van der Waals surface area contributed by atoms with Crippen molar-refractivity contribution in [3.63, 3.8) is 0 Å². The van der Waals surface area contributed by atoms with Gasteiger partial charge in [0.25, 0.3) is 0 Å². The summed E-state index contributed by atoms with van der Waals surface area (Å²) in [5.41, 5.74) is 7.21. The van der Waals surface area contributed by atoms with Gasteiger partial charge >= 0.3 is 0 Å². The van der Waals surface area contributed by atoms with Crippen molar-refractivity contribution < 1.29 is 13.9 Å². The lowest BCUT2D eigenvalue weighted by molar-refractivity contribution is 0.410. The van der Waals surface area contributed by atoms with Gasteiger partial charge in [0.1, 0.15) is 17.3 Å². The predicted molar refractivity (Wildman–Crippen MR) is 77.0 cm³/mol. The molecular formula is C15H15ClFNO2. The van der Waals surface area contributed by atoms with Crippen LogP contribution in [0.15, 0.2) is 36.4 Å². The van der Waals surface area contributed by atoms with Crippen LogP contribution in [0.1, 0.15) is 17.2 Å². The van der Waals surface area contributed by atoms with Gasteiger partial charge < -0.3 is 15.2 Å². The number of hydrogen-bond acceptors (Lipinski definition) is 3. The molecule has 1 unspecified atom stereocenters. The molecule has 0 amide bonds. The lowest BCUT2D eigenvalue weighted by Crippen LogP contribution is -2.13. The van der Waals surface area contributed by atoms with Crippen molar-refractivity contribution in [2.45, 2.75) is 6.04 Å². The molecule has 2 aromatic rings. The first-order valence-electron chi connectivity index (χ1n) is 5.99. The van der Waals surface area contributed by atoms with E-state index in [1.54, 1.807) is 30.3 Å². The Hall–Kier alpha value is -1.78. The molecule has 0 heterocycles. The van der Waals surface area contributed by atoms with Gasteiger partial charge in [-0.25, -0.2) is 4.39 Å². The zero-order chi connectivity index (χ0) is 14.7. The minimum absolute atomic E-state index is 0.384. The highest BCUT2D eigenvalue weighted by Crippen LogP contribution is 2.31. The van der Waals surface area contributed by atoms with Gasteiger partial charge in [-0.2, -0.15) is 0 Å². The fraction of sp³-hybridized carbons (Fsp3) is 0.200. The molecule has 0 radical (unpaired) electrons. The summed E-state index contributed by atoms with van der Waals surface area (Å²) in [5, 5.41) is 0.485. The van der Waals surface area contributed by atoms with Crippen LogP contribution in [0.5, 0.6) is 11.5 Å². The fourth-order valence-corrected chi connectivity index (χ4v) is 2.13. The van der Waals surface area contributed by atoms with Crippen molar-refractivity contribution in [2.24, 2.45) is 5.73 Å². The van der Waals surface area contributed by atoms with Gasteiger partial charge in [0.05, 0.1) is 25.3 Å². The van der Waals surface area contributed by atoms with Gasteiger partial charge in [-0.1, -0.05) is 23.7 Å². The van der Waals surface area contributed by atoms with E-state index in [1.807, 2.05) is 0 Å². The fourth-order valence-electron chi connectivity index (χ4n) is 1.94. The Balaban J connectivity index is 2.38. The minimum atomic E-state index is -0.605. The lowest BCUT2D eigenvalue weighted by Gasteiger charge is -2.15. The second kappa shape index (κ2) is 6.11. The quantitative estimate of drug-likeness (QED) is 0.938. The van der Waals surface area contributed by atoms with Crippen molar-refractivity contribution in [3.8, 4) is 11.5 Å². The average Bonchev–Trinajstić information content (AvgIpc) is 2.47. The molecule has 0 spiro atoms. The summed E-state index contributed by atoms with van der Waals surface area (Å²) in [6.45, 7) is 0. The van der Waals surface area contributed by atoms with E-state index in [0.717, 1.165) is 5.56 Å². The van der Waals surface area contributed by atoms with E-state index in [2.05, 4.69) is 0 Å². The number of hydrogen-bond donors (Lipinski definition) is 1.